The molecule has 1 unspecified atom stereocenters. The van der Waals surface area contributed by atoms with Crippen molar-refractivity contribution < 1.29 is 19.7 Å². The minimum atomic E-state index is -0.795. The van der Waals surface area contributed by atoms with Crippen LogP contribution in [0, 0.1) is 6.92 Å². The molecule has 2 aromatic rings. The third-order valence-corrected chi connectivity index (χ3v) is 4.01. The van der Waals surface area contributed by atoms with Crippen LogP contribution in [0.4, 0.5) is 0 Å². The Hall–Kier alpha value is -2.46. The van der Waals surface area contributed by atoms with Crippen molar-refractivity contribution in [2.45, 2.75) is 47.6 Å². The van der Waals surface area contributed by atoms with Gasteiger partial charge in [0, 0.05) is 16.7 Å². The van der Waals surface area contributed by atoms with Crippen molar-refractivity contribution in [2.75, 3.05) is 7.11 Å². The number of aliphatic hydroxyl groups is 1. The van der Waals surface area contributed by atoms with Crippen LogP contribution in [0.15, 0.2) is 42.2 Å². The van der Waals surface area contributed by atoms with Crippen molar-refractivity contribution in [2.24, 2.45) is 0 Å². The highest BCUT2D eigenvalue weighted by atomic mass is 16.5. The molecule has 1 heterocycles. The summed E-state index contributed by atoms with van der Waals surface area (Å²) >= 11 is 0. The van der Waals surface area contributed by atoms with Gasteiger partial charge in [0.2, 0.25) is 0 Å². The molecule has 0 spiro atoms. The lowest BCUT2D eigenvalue weighted by Gasteiger charge is -2.28. The molecule has 0 radical (unpaired) electrons. The van der Waals surface area contributed by atoms with E-state index in [1.54, 1.807) is 26.2 Å². The van der Waals surface area contributed by atoms with Gasteiger partial charge in [0.25, 0.3) is 0 Å². The summed E-state index contributed by atoms with van der Waals surface area (Å²) in [6.07, 6.45) is -0.795. The second-order valence-electron chi connectivity index (χ2n) is 5.33. The first-order valence-corrected chi connectivity index (χ1v) is 9.06. The topological polar surface area (TPSA) is 58.9 Å². The number of hydrogen-bond donors (Lipinski definition) is 2. The third kappa shape index (κ3) is 4.20. The number of phenolic OH excluding ortho intramolecular Hbond substituents is 1. The number of ether oxygens (including phenoxy) is 2. The lowest BCUT2D eigenvalue weighted by molar-refractivity contribution is 0.218. The molecule has 4 heteroatoms. The number of rotatable bonds is 2. The number of fused-ring (bicyclic) bond motifs is 1. The minimum Gasteiger partial charge on any atom is -0.508 e. The molecule has 2 N–H and O–H groups in total. The van der Waals surface area contributed by atoms with Gasteiger partial charge in [-0.25, -0.2) is 0 Å². The first-order valence-electron chi connectivity index (χ1n) is 9.06. The van der Waals surface area contributed by atoms with E-state index in [0.29, 0.717) is 22.6 Å². The van der Waals surface area contributed by atoms with Crippen LogP contribution < -0.4 is 9.47 Å². The van der Waals surface area contributed by atoms with Crippen LogP contribution >= 0.6 is 0 Å². The van der Waals surface area contributed by atoms with E-state index in [9.17, 15) is 10.2 Å². The van der Waals surface area contributed by atoms with E-state index in [1.165, 1.54) is 0 Å². The van der Waals surface area contributed by atoms with Crippen LogP contribution in [0.2, 0.25) is 0 Å². The molecule has 1 aliphatic heterocycles. The van der Waals surface area contributed by atoms with Crippen molar-refractivity contribution in [1.29, 1.82) is 0 Å². The number of phenols is 1. The van der Waals surface area contributed by atoms with Gasteiger partial charge < -0.3 is 19.7 Å². The van der Waals surface area contributed by atoms with Crippen molar-refractivity contribution in [3.05, 3.63) is 58.8 Å². The van der Waals surface area contributed by atoms with Crippen molar-refractivity contribution in [3.8, 4) is 17.2 Å². The summed E-state index contributed by atoms with van der Waals surface area (Å²) in [7, 11) is 1.61. The zero-order chi connectivity index (χ0) is 19.9. The summed E-state index contributed by atoms with van der Waals surface area (Å²) in [6.45, 7) is 11.6. The number of benzene rings is 2. The Morgan fingerprint density at radius 3 is 2.04 bits per heavy atom. The van der Waals surface area contributed by atoms with E-state index < -0.39 is 6.10 Å². The van der Waals surface area contributed by atoms with E-state index in [1.807, 2.05) is 58.9 Å². The number of hydrogen-bond acceptors (Lipinski definition) is 4. The molecule has 26 heavy (non-hydrogen) atoms. The minimum absolute atomic E-state index is 0.159. The predicted molar refractivity (Wildman–Crippen MR) is 107 cm³/mol. The standard InChI is InChI=1S/C18H18O4.2C2H6/c1-10-15(19)9-8-14-17(20)16(11(2)22-18(10)14)12-4-6-13(21-3)7-5-12;2*1-2/h4-9,17,19-20H,1-3H3;2*1-2H3. The normalized spacial score (nSPS) is 14.8. The number of aromatic hydroxyl groups is 1. The predicted octanol–water partition coefficient (Wildman–Crippen LogP) is 5.62. The summed E-state index contributed by atoms with van der Waals surface area (Å²) in [6, 6.07) is 10.7. The largest absolute Gasteiger partial charge is 0.508 e. The average Bonchev–Trinajstić information content (AvgIpc) is 2.69. The Kier molecular flexibility index (Phi) is 8.20. The number of methoxy groups -OCH3 is 1. The Morgan fingerprint density at radius 2 is 1.50 bits per heavy atom. The first kappa shape index (κ1) is 21.6. The van der Waals surface area contributed by atoms with E-state index in [-0.39, 0.29) is 5.75 Å². The van der Waals surface area contributed by atoms with Gasteiger partial charge in [0.05, 0.1) is 7.11 Å². The maximum Gasteiger partial charge on any atom is 0.139 e. The van der Waals surface area contributed by atoms with Crippen LogP contribution in [0.3, 0.4) is 0 Å². The lowest BCUT2D eigenvalue weighted by Crippen LogP contribution is -2.14. The van der Waals surface area contributed by atoms with E-state index in [4.69, 9.17) is 9.47 Å². The Morgan fingerprint density at radius 1 is 0.923 bits per heavy atom. The summed E-state index contributed by atoms with van der Waals surface area (Å²) in [4.78, 5) is 0. The van der Waals surface area contributed by atoms with E-state index >= 15 is 0 Å². The molecule has 4 nitrogen and oxygen atoms in total. The molecule has 0 amide bonds. The van der Waals surface area contributed by atoms with Crippen LogP contribution in [-0.2, 0) is 0 Å². The van der Waals surface area contributed by atoms with Crippen molar-refractivity contribution in [3.63, 3.8) is 0 Å². The molecule has 1 atom stereocenters. The van der Waals surface area contributed by atoms with Crippen LogP contribution in [0.1, 0.15) is 57.4 Å². The maximum atomic E-state index is 10.7. The number of aliphatic hydroxyl groups excluding tert-OH is 1. The third-order valence-electron chi connectivity index (χ3n) is 4.01. The van der Waals surface area contributed by atoms with Gasteiger partial charge in [-0.05, 0) is 43.7 Å². The zero-order valence-electron chi connectivity index (χ0n) is 16.8. The average molecular weight is 358 g/mol. The van der Waals surface area contributed by atoms with Gasteiger partial charge in [-0.15, -0.1) is 0 Å². The SMILES string of the molecule is CC.CC.COc1ccc(C2=C(C)Oc3c(ccc(O)c3C)C2O)cc1. The quantitative estimate of drug-likeness (QED) is 0.731. The fourth-order valence-corrected chi connectivity index (χ4v) is 2.74. The molecule has 0 bridgehead atoms. The fraction of sp³-hybridized carbons (Fsp3) is 0.364. The Labute approximate surface area is 156 Å². The Bertz CT molecular complexity index is 745. The van der Waals surface area contributed by atoms with Crippen LogP contribution in [0.25, 0.3) is 5.57 Å². The van der Waals surface area contributed by atoms with Crippen LogP contribution in [0.5, 0.6) is 17.2 Å². The van der Waals surface area contributed by atoms with Crippen LogP contribution in [-0.4, -0.2) is 17.3 Å². The molecule has 0 aromatic heterocycles. The van der Waals surface area contributed by atoms with Gasteiger partial charge in [0.15, 0.2) is 0 Å². The molecule has 0 fully saturated rings. The molecule has 2 aromatic carbocycles. The molecular weight excluding hydrogens is 328 g/mol. The zero-order valence-corrected chi connectivity index (χ0v) is 16.8. The molecule has 142 valence electrons. The highest BCUT2D eigenvalue weighted by molar-refractivity contribution is 5.76. The molecule has 1 aliphatic rings. The highest BCUT2D eigenvalue weighted by Crippen LogP contribution is 2.45. The molecule has 0 saturated heterocycles. The molecule has 0 aliphatic carbocycles. The number of allylic oxidation sites excluding steroid dienone is 1. The molecule has 3 rings (SSSR count). The van der Waals surface area contributed by atoms with Gasteiger partial charge in [-0.3, -0.25) is 0 Å². The van der Waals surface area contributed by atoms with Crippen molar-refractivity contribution in [1.82, 2.24) is 0 Å². The summed E-state index contributed by atoms with van der Waals surface area (Å²) < 4.78 is 11.0. The van der Waals surface area contributed by atoms with E-state index in [2.05, 4.69) is 0 Å². The van der Waals surface area contributed by atoms with Gasteiger partial charge in [-0.2, -0.15) is 0 Å². The second-order valence-corrected chi connectivity index (χ2v) is 5.33. The summed E-state index contributed by atoms with van der Waals surface area (Å²) in [5, 5.41) is 20.5. The monoisotopic (exact) mass is 358 g/mol. The molecule has 0 saturated carbocycles. The van der Waals surface area contributed by atoms with Gasteiger partial charge >= 0.3 is 0 Å². The molecular formula is C22H30O4. The highest BCUT2D eigenvalue weighted by Gasteiger charge is 2.29. The fourth-order valence-electron chi connectivity index (χ4n) is 2.74. The summed E-state index contributed by atoms with van der Waals surface area (Å²) in [5.41, 5.74) is 2.89. The van der Waals surface area contributed by atoms with Gasteiger partial charge in [-0.1, -0.05) is 39.8 Å². The van der Waals surface area contributed by atoms with Gasteiger partial charge in [0.1, 0.15) is 29.1 Å². The second kappa shape index (κ2) is 9.88. The van der Waals surface area contributed by atoms with E-state index in [0.717, 1.165) is 16.9 Å². The maximum absolute atomic E-state index is 10.7. The first-order chi connectivity index (χ1) is 12.5. The smallest absolute Gasteiger partial charge is 0.139 e. The van der Waals surface area contributed by atoms with Crippen molar-refractivity contribution >= 4 is 5.57 Å². The lowest BCUT2D eigenvalue weighted by atomic mass is 9.90. The Balaban J connectivity index is 0.000000791. The summed E-state index contributed by atoms with van der Waals surface area (Å²) in [5.74, 6) is 2.07.